The van der Waals surface area contributed by atoms with Gasteiger partial charge >= 0.3 is 0 Å². The summed E-state index contributed by atoms with van der Waals surface area (Å²) in [6.45, 7) is 9.06. The van der Waals surface area contributed by atoms with Crippen molar-refractivity contribution in [2.45, 2.75) is 39.0 Å². The first-order valence-electron chi connectivity index (χ1n) is 10.1. The molecule has 1 saturated heterocycles. The lowest BCUT2D eigenvalue weighted by atomic mass is 10.1. The van der Waals surface area contributed by atoms with E-state index >= 15 is 0 Å². The SMILES string of the molecule is Cc1cc(N2CCN(C(=O)C3CC3c3ccccc3F)CC2)nc(C(C)C)n1. The van der Waals surface area contributed by atoms with E-state index in [0.29, 0.717) is 18.7 Å². The molecule has 28 heavy (non-hydrogen) atoms. The van der Waals surface area contributed by atoms with Gasteiger partial charge in [-0.05, 0) is 30.9 Å². The Kier molecular flexibility index (Phi) is 5.04. The van der Waals surface area contributed by atoms with Crippen molar-refractivity contribution in [1.82, 2.24) is 14.9 Å². The van der Waals surface area contributed by atoms with E-state index in [1.165, 1.54) is 6.07 Å². The van der Waals surface area contributed by atoms with Gasteiger partial charge in [-0.25, -0.2) is 14.4 Å². The van der Waals surface area contributed by atoms with Gasteiger partial charge in [0.25, 0.3) is 0 Å². The van der Waals surface area contributed by atoms with Gasteiger partial charge < -0.3 is 9.80 Å². The predicted octanol–water partition coefficient (Wildman–Crippen LogP) is 3.50. The Balaban J connectivity index is 1.37. The minimum absolute atomic E-state index is 0.0323. The van der Waals surface area contributed by atoms with Crippen LogP contribution in [0, 0.1) is 18.7 Å². The molecule has 0 radical (unpaired) electrons. The van der Waals surface area contributed by atoms with Crippen molar-refractivity contribution in [3.63, 3.8) is 0 Å². The van der Waals surface area contributed by atoms with E-state index in [1.54, 1.807) is 12.1 Å². The molecule has 0 spiro atoms. The first kappa shape index (κ1) is 18.8. The van der Waals surface area contributed by atoms with Crippen molar-refractivity contribution in [2.24, 2.45) is 5.92 Å². The first-order chi connectivity index (χ1) is 13.4. The van der Waals surface area contributed by atoms with Crippen LogP contribution in [0.1, 0.15) is 49.2 Å². The number of carbonyl (C=O) groups excluding carboxylic acids is 1. The van der Waals surface area contributed by atoms with Crippen LogP contribution in [-0.4, -0.2) is 47.0 Å². The molecule has 1 aliphatic carbocycles. The number of nitrogens with zero attached hydrogens (tertiary/aromatic N) is 4. The zero-order chi connectivity index (χ0) is 19.8. The number of aromatic nitrogens is 2. The molecule has 0 N–H and O–H groups in total. The Bertz CT molecular complexity index is 877. The third-order valence-electron chi connectivity index (χ3n) is 5.70. The zero-order valence-corrected chi connectivity index (χ0v) is 16.7. The van der Waals surface area contributed by atoms with E-state index in [2.05, 4.69) is 23.7 Å². The molecule has 6 heteroatoms. The van der Waals surface area contributed by atoms with Gasteiger partial charge in [0.15, 0.2) is 0 Å². The highest BCUT2D eigenvalue weighted by Gasteiger charge is 2.47. The fourth-order valence-corrected chi connectivity index (χ4v) is 3.97. The normalized spacial score (nSPS) is 21.9. The average Bonchev–Trinajstić information content (AvgIpc) is 3.48. The van der Waals surface area contributed by atoms with Gasteiger partial charge in [0, 0.05) is 49.8 Å². The molecular formula is C22H27FN4O. The Morgan fingerprint density at radius 3 is 2.54 bits per heavy atom. The molecule has 0 bridgehead atoms. The number of halogens is 1. The van der Waals surface area contributed by atoms with Gasteiger partial charge in [0.2, 0.25) is 5.91 Å². The molecule has 2 aromatic rings. The summed E-state index contributed by atoms with van der Waals surface area (Å²) in [5.41, 5.74) is 1.65. The lowest BCUT2D eigenvalue weighted by Crippen LogP contribution is -2.49. The topological polar surface area (TPSA) is 49.3 Å². The molecule has 148 valence electrons. The highest BCUT2D eigenvalue weighted by Crippen LogP contribution is 2.49. The fourth-order valence-electron chi connectivity index (χ4n) is 3.97. The molecule has 1 aromatic carbocycles. The van der Waals surface area contributed by atoms with Crippen LogP contribution in [0.2, 0.25) is 0 Å². The Hall–Kier alpha value is -2.50. The maximum atomic E-state index is 14.0. The summed E-state index contributed by atoms with van der Waals surface area (Å²) in [5, 5.41) is 0. The van der Waals surface area contributed by atoms with E-state index in [9.17, 15) is 9.18 Å². The van der Waals surface area contributed by atoms with Crippen molar-refractivity contribution in [3.05, 3.63) is 53.2 Å². The van der Waals surface area contributed by atoms with Gasteiger partial charge in [0.1, 0.15) is 17.5 Å². The number of carbonyl (C=O) groups is 1. The predicted molar refractivity (Wildman–Crippen MR) is 107 cm³/mol. The van der Waals surface area contributed by atoms with E-state index in [1.807, 2.05) is 24.0 Å². The Morgan fingerprint density at radius 2 is 1.86 bits per heavy atom. The molecular weight excluding hydrogens is 355 g/mol. The molecule has 2 aliphatic rings. The zero-order valence-electron chi connectivity index (χ0n) is 16.7. The lowest BCUT2D eigenvalue weighted by molar-refractivity contribution is -0.133. The first-order valence-corrected chi connectivity index (χ1v) is 10.1. The van der Waals surface area contributed by atoms with Crippen LogP contribution in [-0.2, 0) is 4.79 Å². The highest BCUT2D eigenvalue weighted by atomic mass is 19.1. The third-order valence-corrected chi connectivity index (χ3v) is 5.70. The second-order valence-corrected chi connectivity index (χ2v) is 8.16. The van der Waals surface area contributed by atoms with Gasteiger partial charge in [0.05, 0.1) is 0 Å². The number of hydrogen-bond donors (Lipinski definition) is 0. The number of anilines is 1. The third kappa shape index (κ3) is 3.73. The number of amides is 1. The van der Waals surface area contributed by atoms with E-state index in [0.717, 1.165) is 36.8 Å². The molecule has 2 heterocycles. The largest absolute Gasteiger partial charge is 0.353 e. The molecule has 4 rings (SSSR count). The molecule has 2 unspecified atom stereocenters. The molecule has 1 saturated carbocycles. The Labute approximate surface area is 165 Å². The van der Waals surface area contributed by atoms with E-state index < -0.39 is 0 Å². The molecule has 1 aliphatic heterocycles. The molecule has 5 nitrogen and oxygen atoms in total. The number of piperazine rings is 1. The van der Waals surface area contributed by atoms with Crippen molar-refractivity contribution in [1.29, 1.82) is 0 Å². The number of aryl methyl sites for hydroxylation is 1. The summed E-state index contributed by atoms with van der Waals surface area (Å²) in [7, 11) is 0. The van der Waals surface area contributed by atoms with Gasteiger partial charge in [-0.15, -0.1) is 0 Å². The summed E-state index contributed by atoms with van der Waals surface area (Å²) in [6.07, 6.45) is 0.753. The molecule has 2 fully saturated rings. The quantitative estimate of drug-likeness (QED) is 0.812. The van der Waals surface area contributed by atoms with Gasteiger partial charge in [-0.3, -0.25) is 4.79 Å². The molecule has 1 amide bonds. The number of rotatable bonds is 4. The second-order valence-electron chi connectivity index (χ2n) is 8.16. The smallest absolute Gasteiger partial charge is 0.226 e. The summed E-state index contributed by atoms with van der Waals surface area (Å²) < 4.78 is 14.0. The lowest BCUT2D eigenvalue weighted by Gasteiger charge is -2.36. The van der Waals surface area contributed by atoms with Crippen LogP contribution in [0.5, 0.6) is 0 Å². The summed E-state index contributed by atoms with van der Waals surface area (Å²) in [4.78, 5) is 26.2. The van der Waals surface area contributed by atoms with E-state index in [-0.39, 0.29) is 29.5 Å². The minimum atomic E-state index is -0.201. The van der Waals surface area contributed by atoms with Crippen LogP contribution < -0.4 is 4.90 Å². The number of hydrogen-bond acceptors (Lipinski definition) is 4. The maximum absolute atomic E-state index is 14.0. The Morgan fingerprint density at radius 1 is 1.14 bits per heavy atom. The van der Waals surface area contributed by atoms with Gasteiger partial charge in [-0.2, -0.15) is 0 Å². The maximum Gasteiger partial charge on any atom is 0.226 e. The van der Waals surface area contributed by atoms with Crippen LogP contribution >= 0.6 is 0 Å². The monoisotopic (exact) mass is 382 g/mol. The van der Waals surface area contributed by atoms with Crippen molar-refractivity contribution >= 4 is 11.7 Å². The van der Waals surface area contributed by atoms with Crippen LogP contribution in [0.15, 0.2) is 30.3 Å². The van der Waals surface area contributed by atoms with Crippen LogP contribution in [0.25, 0.3) is 0 Å². The van der Waals surface area contributed by atoms with Crippen LogP contribution in [0.3, 0.4) is 0 Å². The number of benzene rings is 1. The second kappa shape index (κ2) is 7.49. The van der Waals surface area contributed by atoms with Crippen LogP contribution in [0.4, 0.5) is 10.2 Å². The summed E-state index contributed by atoms with van der Waals surface area (Å²) >= 11 is 0. The van der Waals surface area contributed by atoms with Crippen molar-refractivity contribution < 1.29 is 9.18 Å². The van der Waals surface area contributed by atoms with Gasteiger partial charge in [-0.1, -0.05) is 32.0 Å². The van der Waals surface area contributed by atoms with Crippen molar-refractivity contribution in [2.75, 3.05) is 31.1 Å². The average molecular weight is 382 g/mol. The standard InChI is InChI=1S/C22H27FN4O/c1-14(2)21-24-15(3)12-20(25-21)26-8-10-27(11-9-26)22(28)18-13-17(18)16-6-4-5-7-19(16)23/h4-7,12,14,17-18H,8-11,13H2,1-3H3. The fraction of sp³-hybridized carbons (Fsp3) is 0.500. The van der Waals surface area contributed by atoms with E-state index in [4.69, 9.17) is 4.98 Å². The summed E-state index contributed by atoms with van der Waals surface area (Å²) in [6, 6.07) is 8.82. The van der Waals surface area contributed by atoms with Crippen molar-refractivity contribution in [3.8, 4) is 0 Å². The minimum Gasteiger partial charge on any atom is -0.353 e. The highest BCUT2D eigenvalue weighted by molar-refractivity contribution is 5.83. The molecule has 1 aromatic heterocycles. The molecule has 2 atom stereocenters. The summed E-state index contributed by atoms with van der Waals surface area (Å²) in [5.74, 6) is 2.01.